The zero-order valence-electron chi connectivity index (χ0n) is 11.4. The second-order valence-electron chi connectivity index (χ2n) is 4.82. The maximum Gasteiger partial charge on any atom is 0.335 e. The molecule has 1 aromatic rings. The Morgan fingerprint density at radius 1 is 1.29 bits per heavy atom. The van der Waals surface area contributed by atoms with Crippen molar-refractivity contribution in [3.63, 3.8) is 0 Å². The molecule has 2 rings (SSSR count). The minimum atomic E-state index is -1.02. The maximum absolute atomic E-state index is 12.2. The molecule has 7 nitrogen and oxygen atoms in total. The monoisotopic (exact) mass is 292 g/mol. The molecule has 0 aliphatic carbocycles. The van der Waals surface area contributed by atoms with Gasteiger partial charge in [0.05, 0.1) is 12.1 Å². The third kappa shape index (κ3) is 3.38. The van der Waals surface area contributed by atoms with Crippen molar-refractivity contribution in [1.29, 1.82) is 0 Å². The van der Waals surface area contributed by atoms with Crippen LogP contribution in [0.25, 0.3) is 0 Å². The van der Waals surface area contributed by atoms with Crippen molar-refractivity contribution in [2.45, 2.75) is 18.9 Å². The lowest BCUT2D eigenvalue weighted by molar-refractivity contribution is -0.135. The molecule has 0 radical (unpaired) electrons. The number of nitrogens with one attached hydrogen (secondary N) is 1. The summed E-state index contributed by atoms with van der Waals surface area (Å²) in [5.74, 6) is -1.55. The summed E-state index contributed by atoms with van der Waals surface area (Å²) in [6.45, 7) is 0.420. The first kappa shape index (κ1) is 15.0. The SMILES string of the molecule is NCC(=O)N1CCC[C@H]1C(=O)Nc1ccc([13C](=O)O)cc1. The molecule has 1 saturated heterocycles. The number of anilines is 1. The molecular weight excluding hydrogens is 275 g/mol. The average molecular weight is 292 g/mol. The number of benzene rings is 1. The lowest BCUT2D eigenvalue weighted by Crippen LogP contribution is -2.45. The van der Waals surface area contributed by atoms with Gasteiger partial charge >= 0.3 is 5.97 Å². The van der Waals surface area contributed by atoms with Crippen molar-refractivity contribution < 1.29 is 19.5 Å². The number of likely N-dealkylation sites (tertiary alicyclic amines) is 1. The van der Waals surface area contributed by atoms with Crippen LogP contribution in [0.1, 0.15) is 23.2 Å². The third-order valence-electron chi connectivity index (χ3n) is 3.45. The molecule has 4 N–H and O–H groups in total. The van der Waals surface area contributed by atoms with Gasteiger partial charge in [-0.25, -0.2) is 4.79 Å². The molecule has 0 bridgehead atoms. The molecule has 1 aliphatic rings. The molecule has 1 heterocycles. The van der Waals surface area contributed by atoms with Crippen molar-refractivity contribution in [3.8, 4) is 0 Å². The molecular formula is C14H17N3O4. The van der Waals surface area contributed by atoms with Crippen LogP contribution in [0.5, 0.6) is 0 Å². The summed E-state index contributed by atoms with van der Waals surface area (Å²) in [5, 5.41) is 11.5. The molecule has 0 spiro atoms. The van der Waals surface area contributed by atoms with Crippen LogP contribution < -0.4 is 11.1 Å². The molecule has 21 heavy (non-hydrogen) atoms. The largest absolute Gasteiger partial charge is 0.478 e. The molecule has 112 valence electrons. The Hall–Kier alpha value is -2.41. The Balaban J connectivity index is 2.03. The van der Waals surface area contributed by atoms with E-state index in [9.17, 15) is 14.4 Å². The zero-order chi connectivity index (χ0) is 15.4. The Bertz CT molecular complexity index is 556. The number of carboxylic acids is 1. The second kappa shape index (κ2) is 6.36. The van der Waals surface area contributed by atoms with Crippen molar-refractivity contribution >= 4 is 23.5 Å². The summed E-state index contributed by atoms with van der Waals surface area (Å²) < 4.78 is 0. The fourth-order valence-corrected chi connectivity index (χ4v) is 2.38. The number of hydrogen-bond acceptors (Lipinski definition) is 4. The van der Waals surface area contributed by atoms with Gasteiger partial charge in [-0.2, -0.15) is 0 Å². The van der Waals surface area contributed by atoms with Crippen LogP contribution in [-0.4, -0.2) is 46.9 Å². The van der Waals surface area contributed by atoms with E-state index in [0.29, 0.717) is 18.7 Å². The molecule has 0 saturated carbocycles. The normalized spacial score (nSPS) is 17.6. The molecule has 0 aromatic heterocycles. The predicted octanol–water partition coefficient (Wildman–Crippen LogP) is 0.273. The second-order valence-corrected chi connectivity index (χ2v) is 4.82. The topological polar surface area (TPSA) is 113 Å². The lowest BCUT2D eigenvalue weighted by Gasteiger charge is -2.23. The van der Waals surface area contributed by atoms with Gasteiger partial charge in [0.25, 0.3) is 0 Å². The van der Waals surface area contributed by atoms with E-state index in [1.165, 1.54) is 29.2 Å². The van der Waals surface area contributed by atoms with E-state index < -0.39 is 12.0 Å². The molecule has 2 amide bonds. The first-order chi connectivity index (χ1) is 10.0. The number of carbonyl (C=O) groups is 3. The summed E-state index contributed by atoms with van der Waals surface area (Å²) in [6.07, 6.45) is 1.37. The Morgan fingerprint density at radius 2 is 1.95 bits per heavy atom. The summed E-state index contributed by atoms with van der Waals surface area (Å²) in [4.78, 5) is 36.1. The number of aromatic carboxylic acids is 1. The standard InChI is InChI=1S/C14H17N3O4/c15-8-12(18)17-7-1-2-11(17)13(19)16-10-5-3-9(4-6-10)14(20)21/h3-6,11H,1-2,7-8,15H2,(H,16,19)(H,20,21)/t11-/m0/s1/i14+1. The fraction of sp³-hybridized carbons (Fsp3) is 0.357. The van der Waals surface area contributed by atoms with Crippen molar-refractivity contribution in [3.05, 3.63) is 29.8 Å². The molecule has 7 heteroatoms. The molecule has 1 aromatic carbocycles. The highest BCUT2D eigenvalue weighted by atomic mass is 16.5. The summed E-state index contributed by atoms with van der Waals surface area (Å²) in [6, 6.07) is 5.35. The molecule has 1 atom stereocenters. The quantitative estimate of drug-likeness (QED) is 0.690. The van der Waals surface area contributed by atoms with Crippen molar-refractivity contribution in [2.24, 2.45) is 5.73 Å². The highest BCUT2D eigenvalue weighted by molar-refractivity contribution is 5.98. The minimum Gasteiger partial charge on any atom is -0.478 e. The third-order valence-corrected chi connectivity index (χ3v) is 3.45. The molecule has 1 aliphatic heterocycles. The number of rotatable bonds is 4. The minimum absolute atomic E-state index is 0.114. The van der Waals surface area contributed by atoms with Gasteiger partial charge in [0.2, 0.25) is 11.8 Å². The van der Waals surface area contributed by atoms with E-state index in [2.05, 4.69) is 5.32 Å². The van der Waals surface area contributed by atoms with Crippen LogP contribution in [0.4, 0.5) is 5.69 Å². The van der Waals surface area contributed by atoms with Gasteiger partial charge in [-0.3, -0.25) is 9.59 Å². The average Bonchev–Trinajstić information content (AvgIpc) is 2.96. The first-order valence-electron chi connectivity index (χ1n) is 6.66. The van der Waals surface area contributed by atoms with Gasteiger partial charge < -0.3 is 21.1 Å². The zero-order valence-corrected chi connectivity index (χ0v) is 11.4. The van der Waals surface area contributed by atoms with E-state index in [-0.39, 0.29) is 23.9 Å². The van der Waals surface area contributed by atoms with Crippen molar-refractivity contribution in [1.82, 2.24) is 4.90 Å². The molecule has 0 unspecified atom stereocenters. The van der Waals surface area contributed by atoms with Crippen LogP contribution >= 0.6 is 0 Å². The fourth-order valence-electron chi connectivity index (χ4n) is 2.38. The van der Waals surface area contributed by atoms with Crippen LogP contribution in [-0.2, 0) is 9.59 Å². The number of amides is 2. The van der Waals surface area contributed by atoms with Crippen LogP contribution in [0.2, 0.25) is 0 Å². The van der Waals surface area contributed by atoms with Gasteiger partial charge in [-0.15, -0.1) is 0 Å². The predicted molar refractivity (Wildman–Crippen MR) is 75.8 cm³/mol. The van der Waals surface area contributed by atoms with Crippen LogP contribution in [0.15, 0.2) is 24.3 Å². The van der Waals surface area contributed by atoms with Gasteiger partial charge in [-0.1, -0.05) is 0 Å². The lowest BCUT2D eigenvalue weighted by atomic mass is 10.2. The first-order valence-corrected chi connectivity index (χ1v) is 6.66. The van der Waals surface area contributed by atoms with E-state index in [4.69, 9.17) is 10.8 Å². The number of carbonyl (C=O) groups excluding carboxylic acids is 2. The van der Waals surface area contributed by atoms with Crippen LogP contribution in [0.3, 0.4) is 0 Å². The van der Waals surface area contributed by atoms with Crippen molar-refractivity contribution in [2.75, 3.05) is 18.4 Å². The van der Waals surface area contributed by atoms with E-state index >= 15 is 0 Å². The Kier molecular flexibility index (Phi) is 4.54. The van der Waals surface area contributed by atoms with Gasteiger partial charge in [-0.05, 0) is 37.1 Å². The van der Waals surface area contributed by atoms with E-state index in [1.807, 2.05) is 0 Å². The van der Waals surface area contributed by atoms with Crippen LogP contribution in [0, 0.1) is 0 Å². The van der Waals surface area contributed by atoms with E-state index in [1.54, 1.807) is 0 Å². The Morgan fingerprint density at radius 3 is 2.52 bits per heavy atom. The van der Waals surface area contributed by atoms with Gasteiger partial charge in [0, 0.05) is 12.2 Å². The summed E-state index contributed by atoms with van der Waals surface area (Å²) >= 11 is 0. The van der Waals surface area contributed by atoms with Gasteiger partial charge in [0.1, 0.15) is 6.04 Å². The number of nitrogens with zero attached hydrogens (tertiary/aromatic N) is 1. The van der Waals surface area contributed by atoms with Gasteiger partial charge in [0.15, 0.2) is 0 Å². The molecule has 1 fully saturated rings. The highest BCUT2D eigenvalue weighted by Crippen LogP contribution is 2.19. The highest BCUT2D eigenvalue weighted by Gasteiger charge is 2.33. The maximum atomic E-state index is 12.2. The number of nitrogens with two attached hydrogens (primary N) is 1. The van der Waals surface area contributed by atoms with E-state index in [0.717, 1.165) is 6.42 Å². The summed E-state index contributed by atoms with van der Waals surface area (Å²) in [7, 11) is 0. The number of hydrogen-bond donors (Lipinski definition) is 3. The smallest absolute Gasteiger partial charge is 0.335 e. The number of carboxylic acid groups (broad SMARTS) is 1. The Labute approximate surface area is 121 Å². The summed E-state index contributed by atoms with van der Waals surface area (Å²) in [5.41, 5.74) is 5.98.